The Morgan fingerprint density at radius 2 is 1.67 bits per heavy atom. The van der Waals surface area contributed by atoms with Crippen LogP contribution in [0.1, 0.15) is 23.6 Å². The third-order valence-electron chi connectivity index (χ3n) is 5.21. The molecule has 1 aliphatic heterocycles. The summed E-state index contributed by atoms with van der Waals surface area (Å²) in [5.41, 5.74) is 2.08. The summed E-state index contributed by atoms with van der Waals surface area (Å²) in [5.74, 6) is 0.703. The van der Waals surface area contributed by atoms with Crippen molar-refractivity contribution < 1.29 is 19.1 Å². The lowest BCUT2D eigenvalue weighted by Gasteiger charge is -2.16. The Labute approximate surface area is 241 Å². The molecule has 1 heterocycles. The number of rotatable bonds is 8. The summed E-state index contributed by atoms with van der Waals surface area (Å²) in [4.78, 5) is 27.1. The third kappa shape index (κ3) is 6.14. The maximum Gasteiger partial charge on any atom is 0.293 e. The molecule has 1 saturated heterocycles. The number of hydrogen-bond donors (Lipinski definition) is 0. The number of benzene rings is 3. The molecule has 186 valence electrons. The lowest BCUT2D eigenvalue weighted by molar-refractivity contribution is -0.123. The fourth-order valence-corrected chi connectivity index (χ4v) is 5.80. The Morgan fingerprint density at radius 3 is 2.36 bits per heavy atom. The Bertz CT molecular complexity index is 1340. The monoisotopic (exact) mass is 673 g/mol. The minimum Gasteiger partial charge on any atom is -0.490 e. The second-order valence-corrected chi connectivity index (χ2v) is 11.0. The highest BCUT2D eigenvalue weighted by molar-refractivity contribution is 14.1. The number of hydrogen-bond acceptors (Lipinski definition) is 5. The highest BCUT2D eigenvalue weighted by atomic mass is 127. The van der Waals surface area contributed by atoms with Crippen molar-refractivity contribution in [1.82, 2.24) is 4.90 Å². The van der Waals surface area contributed by atoms with Crippen molar-refractivity contribution in [2.24, 2.45) is 0 Å². The predicted molar refractivity (Wildman–Crippen MR) is 154 cm³/mol. The van der Waals surface area contributed by atoms with Gasteiger partial charge in [-0.3, -0.25) is 14.5 Å². The van der Waals surface area contributed by atoms with Gasteiger partial charge in [-0.25, -0.2) is 0 Å². The quantitative estimate of drug-likeness (QED) is 0.177. The van der Waals surface area contributed by atoms with Crippen LogP contribution in [0.2, 0.25) is 15.1 Å². The van der Waals surface area contributed by atoms with Crippen molar-refractivity contribution >= 4 is 86.4 Å². The van der Waals surface area contributed by atoms with Crippen molar-refractivity contribution in [3.63, 3.8) is 0 Å². The Morgan fingerprint density at radius 1 is 0.972 bits per heavy atom. The van der Waals surface area contributed by atoms with Gasteiger partial charge in [0.15, 0.2) is 11.5 Å². The Balaban J connectivity index is 1.58. The van der Waals surface area contributed by atoms with Gasteiger partial charge in [-0.2, -0.15) is 0 Å². The van der Waals surface area contributed by atoms with Gasteiger partial charge >= 0.3 is 0 Å². The molecule has 0 aliphatic carbocycles. The van der Waals surface area contributed by atoms with Crippen LogP contribution in [0.4, 0.5) is 4.79 Å². The molecular weight excluding hydrogens is 656 g/mol. The Kier molecular flexibility index (Phi) is 9.11. The van der Waals surface area contributed by atoms with Gasteiger partial charge in [0, 0.05) is 26.2 Å². The van der Waals surface area contributed by atoms with E-state index < -0.39 is 5.91 Å². The lowest BCUT2D eigenvalue weighted by Crippen LogP contribution is -2.27. The summed E-state index contributed by atoms with van der Waals surface area (Å²) in [6, 6.07) is 16.2. The molecule has 2 amide bonds. The van der Waals surface area contributed by atoms with E-state index in [-0.39, 0.29) is 18.4 Å². The molecule has 3 aromatic rings. The minimum absolute atomic E-state index is 0.00291. The summed E-state index contributed by atoms with van der Waals surface area (Å²) in [7, 11) is 0. The zero-order valence-electron chi connectivity index (χ0n) is 18.9. The van der Waals surface area contributed by atoms with E-state index in [9.17, 15) is 9.59 Å². The van der Waals surface area contributed by atoms with Crippen LogP contribution in [-0.4, -0.2) is 22.7 Å². The number of carbonyl (C=O) groups is 2. The van der Waals surface area contributed by atoms with E-state index in [1.54, 1.807) is 30.3 Å². The molecule has 5 nitrogen and oxygen atoms in total. The fourth-order valence-electron chi connectivity index (χ4n) is 3.47. The summed E-state index contributed by atoms with van der Waals surface area (Å²) in [6.45, 7) is 2.58. The van der Waals surface area contributed by atoms with Crippen molar-refractivity contribution in [3.8, 4) is 11.5 Å². The first-order valence-corrected chi connectivity index (χ1v) is 13.8. The average molecular weight is 675 g/mol. The topological polar surface area (TPSA) is 55.8 Å². The van der Waals surface area contributed by atoms with E-state index in [2.05, 4.69) is 22.6 Å². The maximum absolute atomic E-state index is 13.1. The van der Waals surface area contributed by atoms with Crippen molar-refractivity contribution in [3.05, 3.63) is 94.8 Å². The zero-order valence-corrected chi connectivity index (χ0v) is 24.1. The van der Waals surface area contributed by atoms with E-state index in [0.717, 1.165) is 25.8 Å². The van der Waals surface area contributed by atoms with Crippen LogP contribution >= 0.6 is 69.2 Å². The van der Waals surface area contributed by atoms with Gasteiger partial charge in [-0.15, -0.1) is 0 Å². The highest BCUT2D eigenvalue weighted by Crippen LogP contribution is 2.39. The molecule has 0 spiro atoms. The van der Waals surface area contributed by atoms with Crippen LogP contribution in [0, 0.1) is 3.57 Å². The molecule has 4 rings (SSSR count). The molecule has 0 N–H and O–H groups in total. The summed E-state index contributed by atoms with van der Waals surface area (Å²) in [6.07, 6.45) is 1.67. The number of amides is 2. The predicted octanol–water partition coefficient (Wildman–Crippen LogP) is 8.47. The highest BCUT2D eigenvalue weighted by Gasteiger charge is 2.35. The molecular formula is C26H19Cl3INO4S. The minimum atomic E-state index is -0.409. The van der Waals surface area contributed by atoms with Gasteiger partial charge in [0.1, 0.15) is 6.61 Å². The van der Waals surface area contributed by atoms with Crippen LogP contribution in [0.15, 0.2) is 59.5 Å². The summed E-state index contributed by atoms with van der Waals surface area (Å²) < 4.78 is 12.7. The fraction of sp³-hybridized carbons (Fsp3) is 0.154. The van der Waals surface area contributed by atoms with E-state index >= 15 is 0 Å². The molecule has 0 aromatic heterocycles. The van der Waals surface area contributed by atoms with Crippen molar-refractivity contribution in [1.29, 1.82) is 0 Å². The van der Waals surface area contributed by atoms with E-state index in [1.807, 2.05) is 37.3 Å². The first-order valence-electron chi connectivity index (χ1n) is 10.8. The van der Waals surface area contributed by atoms with Gasteiger partial charge in [-0.05, 0) is 83.2 Å². The van der Waals surface area contributed by atoms with Gasteiger partial charge in [0.2, 0.25) is 0 Å². The number of halogens is 4. The van der Waals surface area contributed by atoms with Gasteiger partial charge < -0.3 is 9.47 Å². The van der Waals surface area contributed by atoms with Crippen molar-refractivity contribution in [2.75, 3.05) is 6.61 Å². The van der Waals surface area contributed by atoms with Crippen LogP contribution in [0.5, 0.6) is 11.5 Å². The number of imide groups is 1. The van der Waals surface area contributed by atoms with Crippen LogP contribution in [0.3, 0.4) is 0 Å². The second kappa shape index (κ2) is 12.1. The largest absolute Gasteiger partial charge is 0.490 e. The zero-order chi connectivity index (χ0) is 25.8. The van der Waals surface area contributed by atoms with Gasteiger partial charge in [0.25, 0.3) is 11.1 Å². The molecule has 1 fully saturated rings. The van der Waals surface area contributed by atoms with Gasteiger partial charge in [0.05, 0.1) is 21.6 Å². The molecule has 3 aromatic carbocycles. The number of thioether (sulfide) groups is 1. The lowest BCUT2D eigenvalue weighted by atomic mass is 10.1. The van der Waals surface area contributed by atoms with Crippen LogP contribution in [-0.2, 0) is 17.9 Å². The van der Waals surface area contributed by atoms with Crippen molar-refractivity contribution in [2.45, 2.75) is 20.1 Å². The molecule has 36 heavy (non-hydrogen) atoms. The van der Waals surface area contributed by atoms with E-state index in [0.29, 0.717) is 49.2 Å². The number of carbonyl (C=O) groups excluding carboxylic acids is 2. The summed E-state index contributed by atoms with van der Waals surface area (Å²) >= 11 is 21.8. The number of ether oxygens (including phenoxy) is 2. The van der Waals surface area contributed by atoms with Gasteiger partial charge in [-0.1, -0.05) is 59.1 Å². The first kappa shape index (κ1) is 27.1. The number of nitrogens with zero attached hydrogens (tertiary/aromatic N) is 1. The molecule has 10 heteroatoms. The van der Waals surface area contributed by atoms with Crippen LogP contribution < -0.4 is 9.47 Å². The maximum atomic E-state index is 13.1. The molecule has 0 saturated carbocycles. The van der Waals surface area contributed by atoms with E-state index in [1.165, 1.54) is 0 Å². The second-order valence-electron chi connectivity index (χ2n) is 7.61. The first-order chi connectivity index (χ1) is 17.3. The normalized spacial score (nSPS) is 14.6. The standard InChI is InChI=1S/C26H19Cl3INO4S/c1-2-34-22-11-15(10-21(30)24(22)35-14-16-6-3-4-7-18(16)27)12-23-25(32)31(26(33)36-23)13-17-19(28)8-5-9-20(17)29/h3-12H,2,13-14H2,1H3/b23-12-. The van der Waals surface area contributed by atoms with Crippen LogP contribution in [0.25, 0.3) is 6.08 Å². The molecule has 0 radical (unpaired) electrons. The molecule has 1 aliphatic rings. The molecule has 0 atom stereocenters. The SMILES string of the molecule is CCOc1cc(/C=C2\SC(=O)N(Cc3c(Cl)cccc3Cl)C2=O)cc(I)c1OCc1ccccc1Cl. The van der Waals surface area contributed by atoms with E-state index in [4.69, 9.17) is 44.3 Å². The summed E-state index contributed by atoms with van der Waals surface area (Å²) in [5, 5.41) is 1.03. The molecule has 0 unspecified atom stereocenters. The average Bonchev–Trinajstić information content (AvgIpc) is 3.09. The third-order valence-corrected chi connectivity index (χ3v) is 8.00. The molecule has 0 bridgehead atoms. The smallest absolute Gasteiger partial charge is 0.293 e. The Hall–Kier alpha value is -1.91.